The molecule has 0 saturated heterocycles. The van der Waals surface area contributed by atoms with Crippen LogP contribution in [0, 0.1) is 0 Å². The highest BCUT2D eigenvalue weighted by Crippen LogP contribution is 2.36. The molecule has 0 fully saturated rings. The summed E-state index contributed by atoms with van der Waals surface area (Å²) < 4.78 is 21.1. The van der Waals surface area contributed by atoms with E-state index in [0.29, 0.717) is 34.8 Å². The van der Waals surface area contributed by atoms with Gasteiger partial charge in [0.1, 0.15) is 17.2 Å². The summed E-state index contributed by atoms with van der Waals surface area (Å²) in [5.41, 5.74) is 1.32. The lowest BCUT2D eigenvalue weighted by Crippen LogP contribution is -2.05. The minimum absolute atomic E-state index is 0.324. The Hall–Kier alpha value is -2.17. The summed E-state index contributed by atoms with van der Waals surface area (Å²) in [4.78, 5) is 12.2. The molecule has 0 aliphatic carbocycles. The molecule has 1 aromatic carbocycles. The fourth-order valence-electron chi connectivity index (χ4n) is 2.63. The number of hydrogen-bond acceptors (Lipinski definition) is 5. The molecule has 1 rings (SSSR count). The van der Waals surface area contributed by atoms with Crippen LogP contribution in [0.15, 0.2) is 17.7 Å². The monoisotopic (exact) mass is 350 g/mol. The third-order valence-corrected chi connectivity index (χ3v) is 4.07. The van der Waals surface area contributed by atoms with Crippen molar-refractivity contribution in [3.8, 4) is 17.2 Å². The van der Waals surface area contributed by atoms with E-state index < -0.39 is 0 Å². The van der Waals surface area contributed by atoms with Crippen LogP contribution in [-0.2, 0) is 9.53 Å². The number of carbonyl (C=O) groups excluding carboxylic acids is 1. The quantitative estimate of drug-likeness (QED) is 0.331. The number of benzene rings is 1. The number of hydrogen-bond donors (Lipinski definition) is 0. The lowest BCUT2D eigenvalue weighted by atomic mass is 10.0. The van der Waals surface area contributed by atoms with Gasteiger partial charge in [0.2, 0.25) is 0 Å². The zero-order valence-electron chi connectivity index (χ0n) is 16.0. The van der Waals surface area contributed by atoms with Crippen LogP contribution in [0.4, 0.5) is 0 Å². The highest BCUT2D eigenvalue weighted by molar-refractivity contribution is 5.94. The van der Waals surface area contributed by atoms with Gasteiger partial charge in [0.15, 0.2) is 0 Å². The zero-order chi connectivity index (χ0) is 18.7. The fourth-order valence-corrected chi connectivity index (χ4v) is 2.63. The summed E-state index contributed by atoms with van der Waals surface area (Å²) in [6.45, 7) is 2.18. The van der Waals surface area contributed by atoms with Crippen molar-refractivity contribution >= 4 is 12.0 Å². The van der Waals surface area contributed by atoms with Crippen LogP contribution < -0.4 is 14.2 Å². The number of esters is 1. The molecule has 0 unspecified atom stereocenters. The highest BCUT2D eigenvalue weighted by Gasteiger charge is 2.16. The molecule has 0 aliphatic heterocycles. The summed E-state index contributed by atoms with van der Waals surface area (Å²) in [5.74, 6) is 1.48. The van der Waals surface area contributed by atoms with Gasteiger partial charge in [-0.05, 0) is 18.9 Å². The van der Waals surface area contributed by atoms with Crippen molar-refractivity contribution in [3.63, 3.8) is 0 Å². The van der Waals surface area contributed by atoms with E-state index in [1.54, 1.807) is 39.5 Å². The highest BCUT2D eigenvalue weighted by atomic mass is 16.5. The maximum Gasteiger partial charge on any atom is 0.333 e. The van der Waals surface area contributed by atoms with Gasteiger partial charge >= 0.3 is 5.97 Å². The number of unbranched alkanes of at least 4 members (excludes halogenated alkanes) is 4. The van der Waals surface area contributed by atoms with Crippen LogP contribution in [0.1, 0.15) is 51.0 Å². The van der Waals surface area contributed by atoms with Crippen molar-refractivity contribution in [1.82, 2.24) is 0 Å². The van der Waals surface area contributed by atoms with Gasteiger partial charge in [0, 0.05) is 17.7 Å². The van der Waals surface area contributed by atoms with Gasteiger partial charge in [-0.25, -0.2) is 4.79 Å². The maximum absolute atomic E-state index is 12.2. The average molecular weight is 350 g/mol. The van der Waals surface area contributed by atoms with E-state index in [1.165, 1.54) is 26.4 Å². The largest absolute Gasteiger partial charge is 0.496 e. The zero-order valence-corrected chi connectivity index (χ0v) is 16.0. The third-order valence-electron chi connectivity index (χ3n) is 4.07. The van der Waals surface area contributed by atoms with Crippen molar-refractivity contribution in [2.45, 2.75) is 45.4 Å². The molecule has 0 atom stereocenters. The van der Waals surface area contributed by atoms with Crippen LogP contribution >= 0.6 is 0 Å². The van der Waals surface area contributed by atoms with Gasteiger partial charge in [-0.1, -0.05) is 32.6 Å². The van der Waals surface area contributed by atoms with Crippen LogP contribution in [0.2, 0.25) is 0 Å². The summed E-state index contributed by atoms with van der Waals surface area (Å²) in [7, 11) is 6.14. The molecule has 0 amide bonds. The second-order valence-corrected chi connectivity index (χ2v) is 5.77. The van der Waals surface area contributed by atoms with Crippen LogP contribution in [-0.4, -0.2) is 34.4 Å². The Morgan fingerprint density at radius 1 is 0.920 bits per heavy atom. The smallest absolute Gasteiger partial charge is 0.333 e. The molecule has 140 valence electrons. The first-order valence-corrected chi connectivity index (χ1v) is 8.70. The van der Waals surface area contributed by atoms with Gasteiger partial charge in [0.25, 0.3) is 0 Å². The molecule has 5 heteroatoms. The topological polar surface area (TPSA) is 54.0 Å². The molecule has 1 aromatic rings. The first-order chi connectivity index (χ1) is 12.1. The van der Waals surface area contributed by atoms with Gasteiger partial charge in [0.05, 0.1) is 34.0 Å². The Morgan fingerprint density at radius 3 is 2.00 bits per heavy atom. The van der Waals surface area contributed by atoms with Crippen molar-refractivity contribution in [1.29, 1.82) is 0 Å². The van der Waals surface area contributed by atoms with Gasteiger partial charge < -0.3 is 18.9 Å². The normalized spacial score (nSPS) is 11.2. The number of ether oxygens (including phenoxy) is 4. The molecule has 0 N–H and O–H groups in total. The van der Waals surface area contributed by atoms with E-state index in [2.05, 4.69) is 6.92 Å². The third kappa shape index (κ3) is 6.33. The molecule has 0 radical (unpaired) electrons. The molecular formula is C20H30O5. The van der Waals surface area contributed by atoms with E-state index >= 15 is 0 Å². The van der Waals surface area contributed by atoms with Crippen LogP contribution in [0.3, 0.4) is 0 Å². The summed E-state index contributed by atoms with van der Waals surface area (Å²) >= 11 is 0. The van der Waals surface area contributed by atoms with E-state index in [9.17, 15) is 4.79 Å². The summed E-state index contributed by atoms with van der Waals surface area (Å²) in [6.07, 6.45) is 8.09. The Bertz CT molecular complexity index is 552. The molecule has 0 aromatic heterocycles. The first kappa shape index (κ1) is 20.9. The second kappa shape index (κ2) is 11.4. The fraction of sp³-hybridized carbons (Fsp3) is 0.550. The standard InChI is InChI=1S/C20H30O5/c1-6-7-8-9-10-11-15(20(21)25-5)12-17-18(23-3)13-16(22-2)14-19(17)24-4/h12-14H,6-11H2,1-5H3. The Balaban J connectivity index is 3.12. The number of rotatable bonds is 11. The minimum atomic E-state index is -0.324. The van der Waals surface area contributed by atoms with Gasteiger partial charge in [-0.2, -0.15) is 0 Å². The lowest BCUT2D eigenvalue weighted by Gasteiger charge is -2.14. The molecule has 0 aliphatic rings. The van der Waals surface area contributed by atoms with Crippen molar-refractivity contribution in [2.75, 3.05) is 28.4 Å². The molecule has 0 spiro atoms. The summed E-state index contributed by atoms with van der Waals surface area (Å²) in [5, 5.41) is 0. The van der Waals surface area contributed by atoms with Crippen molar-refractivity contribution in [2.24, 2.45) is 0 Å². The lowest BCUT2D eigenvalue weighted by molar-refractivity contribution is -0.136. The Labute approximate surface area is 150 Å². The van der Waals surface area contributed by atoms with E-state index in [1.807, 2.05) is 0 Å². The number of methoxy groups -OCH3 is 4. The van der Waals surface area contributed by atoms with Gasteiger partial charge in [-0.15, -0.1) is 0 Å². The van der Waals surface area contributed by atoms with Crippen LogP contribution in [0.5, 0.6) is 17.2 Å². The van der Waals surface area contributed by atoms with Crippen molar-refractivity contribution < 1.29 is 23.7 Å². The molecule has 5 nitrogen and oxygen atoms in total. The minimum Gasteiger partial charge on any atom is -0.496 e. The van der Waals surface area contributed by atoms with E-state index in [4.69, 9.17) is 18.9 Å². The Kier molecular flexibility index (Phi) is 9.51. The second-order valence-electron chi connectivity index (χ2n) is 5.77. The van der Waals surface area contributed by atoms with Crippen LogP contribution in [0.25, 0.3) is 6.08 Å². The molecular weight excluding hydrogens is 320 g/mol. The maximum atomic E-state index is 12.2. The van der Waals surface area contributed by atoms with E-state index in [-0.39, 0.29) is 5.97 Å². The average Bonchev–Trinajstić information content (AvgIpc) is 2.65. The predicted octanol–water partition coefficient (Wildman–Crippen LogP) is 4.63. The molecule has 0 heterocycles. The predicted molar refractivity (Wildman–Crippen MR) is 99.5 cm³/mol. The van der Waals surface area contributed by atoms with Gasteiger partial charge in [-0.3, -0.25) is 0 Å². The first-order valence-electron chi connectivity index (χ1n) is 8.70. The summed E-state index contributed by atoms with van der Waals surface area (Å²) in [6, 6.07) is 3.54. The Morgan fingerprint density at radius 2 is 1.52 bits per heavy atom. The SMILES string of the molecule is CCCCCCCC(=Cc1c(OC)cc(OC)cc1OC)C(=O)OC. The van der Waals surface area contributed by atoms with Crippen molar-refractivity contribution in [3.05, 3.63) is 23.3 Å². The molecule has 25 heavy (non-hydrogen) atoms. The van der Waals surface area contributed by atoms with E-state index in [0.717, 1.165) is 12.8 Å². The molecule has 0 saturated carbocycles. The number of carbonyl (C=O) groups is 1. The molecule has 0 bridgehead atoms.